The van der Waals surface area contributed by atoms with Gasteiger partial charge in [0.1, 0.15) is 10.6 Å². The molecule has 25 heavy (non-hydrogen) atoms. The van der Waals surface area contributed by atoms with Gasteiger partial charge in [-0.1, -0.05) is 0 Å². The van der Waals surface area contributed by atoms with Crippen molar-refractivity contribution in [3.05, 3.63) is 18.2 Å². The molecule has 0 bridgehead atoms. The van der Waals surface area contributed by atoms with E-state index in [9.17, 15) is 16.8 Å². The third-order valence-corrected chi connectivity index (χ3v) is 7.55. The number of methoxy groups -OCH3 is 1. The maximum Gasteiger partial charge on any atom is 0.246 e. The molecule has 0 amide bonds. The Hall–Kier alpha value is -1.36. The molecule has 1 heterocycles. The van der Waals surface area contributed by atoms with Gasteiger partial charge >= 0.3 is 0 Å². The molecule has 1 aliphatic heterocycles. The van der Waals surface area contributed by atoms with Crippen LogP contribution in [0.4, 0.5) is 5.69 Å². The summed E-state index contributed by atoms with van der Waals surface area (Å²) >= 11 is 0. The standard InChI is InChI=1S/C15H25N3O5S2/c1-4-24(19,20)17-12-5-6-15(14(11-12)23-3)25(21,22)18(2)13-7-9-16-10-8-13/h5-6,11,13,16-17H,4,7-10H2,1-3H3. The number of hydrogen-bond donors (Lipinski definition) is 2. The summed E-state index contributed by atoms with van der Waals surface area (Å²) in [6.07, 6.45) is 1.48. The first-order chi connectivity index (χ1) is 11.7. The zero-order valence-electron chi connectivity index (χ0n) is 14.6. The van der Waals surface area contributed by atoms with Gasteiger partial charge in [-0.15, -0.1) is 0 Å². The van der Waals surface area contributed by atoms with E-state index in [4.69, 9.17) is 4.74 Å². The minimum atomic E-state index is -3.74. The summed E-state index contributed by atoms with van der Waals surface area (Å²) in [5.41, 5.74) is 0.266. The molecular weight excluding hydrogens is 366 g/mol. The van der Waals surface area contributed by atoms with Crippen LogP contribution in [-0.2, 0) is 20.0 Å². The molecule has 1 saturated heterocycles. The van der Waals surface area contributed by atoms with Crippen LogP contribution in [0, 0.1) is 0 Å². The Kier molecular flexibility index (Phi) is 6.30. The number of sulfonamides is 2. The number of nitrogens with zero attached hydrogens (tertiary/aromatic N) is 1. The minimum Gasteiger partial charge on any atom is -0.495 e. The van der Waals surface area contributed by atoms with Crippen molar-refractivity contribution in [1.29, 1.82) is 0 Å². The maximum absolute atomic E-state index is 13.0. The van der Waals surface area contributed by atoms with Crippen LogP contribution in [0.15, 0.2) is 23.1 Å². The van der Waals surface area contributed by atoms with Crippen LogP contribution in [0.3, 0.4) is 0 Å². The average Bonchev–Trinajstić information content (AvgIpc) is 2.61. The molecular formula is C15H25N3O5S2. The Bertz CT molecular complexity index is 802. The molecule has 2 rings (SSSR count). The molecule has 0 spiro atoms. The topological polar surface area (TPSA) is 105 Å². The summed E-state index contributed by atoms with van der Waals surface area (Å²) in [6.45, 7) is 3.07. The van der Waals surface area contributed by atoms with E-state index >= 15 is 0 Å². The highest BCUT2D eigenvalue weighted by Crippen LogP contribution is 2.31. The molecule has 1 aliphatic rings. The first-order valence-electron chi connectivity index (χ1n) is 8.08. The van der Waals surface area contributed by atoms with Crippen molar-refractivity contribution in [1.82, 2.24) is 9.62 Å². The van der Waals surface area contributed by atoms with Gasteiger partial charge in [-0.2, -0.15) is 4.31 Å². The number of ether oxygens (including phenoxy) is 1. The Morgan fingerprint density at radius 2 is 1.88 bits per heavy atom. The average molecular weight is 392 g/mol. The lowest BCUT2D eigenvalue weighted by molar-refractivity contribution is 0.295. The van der Waals surface area contributed by atoms with Crippen molar-refractivity contribution in [2.45, 2.75) is 30.7 Å². The van der Waals surface area contributed by atoms with Crippen LogP contribution in [0.2, 0.25) is 0 Å². The Labute approximate surface area is 149 Å². The number of anilines is 1. The monoisotopic (exact) mass is 391 g/mol. The molecule has 142 valence electrons. The van der Waals surface area contributed by atoms with E-state index < -0.39 is 20.0 Å². The van der Waals surface area contributed by atoms with Crippen molar-refractivity contribution in [3.63, 3.8) is 0 Å². The quantitative estimate of drug-likeness (QED) is 0.713. The molecule has 1 aromatic rings. The van der Waals surface area contributed by atoms with Gasteiger partial charge in [0.2, 0.25) is 20.0 Å². The number of rotatable bonds is 7. The van der Waals surface area contributed by atoms with Gasteiger partial charge in [-0.3, -0.25) is 4.72 Å². The van der Waals surface area contributed by atoms with E-state index in [-0.39, 0.29) is 28.1 Å². The van der Waals surface area contributed by atoms with Crippen LogP contribution < -0.4 is 14.8 Å². The number of nitrogens with one attached hydrogen (secondary N) is 2. The molecule has 1 aromatic carbocycles. The normalized spacial score (nSPS) is 16.8. The summed E-state index contributed by atoms with van der Waals surface area (Å²) in [6, 6.07) is 4.11. The van der Waals surface area contributed by atoms with Crippen LogP contribution in [0.5, 0.6) is 5.75 Å². The zero-order valence-corrected chi connectivity index (χ0v) is 16.3. The molecule has 0 unspecified atom stereocenters. The van der Waals surface area contributed by atoms with E-state index in [1.165, 1.54) is 36.5 Å². The molecule has 8 nitrogen and oxygen atoms in total. The summed E-state index contributed by atoms with van der Waals surface area (Å²) in [4.78, 5) is 0.0236. The SMILES string of the molecule is CCS(=O)(=O)Nc1ccc(S(=O)(=O)N(C)C2CCNCC2)c(OC)c1. The van der Waals surface area contributed by atoms with E-state index in [0.717, 1.165) is 25.9 Å². The number of benzene rings is 1. The van der Waals surface area contributed by atoms with Crippen LogP contribution >= 0.6 is 0 Å². The van der Waals surface area contributed by atoms with Crippen molar-refractivity contribution in [2.24, 2.45) is 0 Å². The second kappa shape index (κ2) is 7.90. The molecule has 0 aliphatic carbocycles. The molecule has 0 saturated carbocycles. The predicted molar refractivity (Wildman–Crippen MR) is 96.9 cm³/mol. The predicted octanol–water partition coefficient (Wildman–Crippen LogP) is 0.829. The van der Waals surface area contributed by atoms with E-state index in [1.807, 2.05) is 0 Å². The van der Waals surface area contributed by atoms with Crippen LogP contribution in [0.1, 0.15) is 19.8 Å². The Morgan fingerprint density at radius 1 is 1.24 bits per heavy atom. The van der Waals surface area contributed by atoms with E-state index in [2.05, 4.69) is 10.0 Å². The summed E-state index contributed by atoms with van der Waals surface area (Å²) in [7, 11) is -4.27. The summed E-state index contributed by atoms with van der Waals surface area (Å²) in [5, 5.41) is 3.21. The van der Waals surface area contributed by atoms with Gasteiger partial charge in [-0.05, 0) is 45.0 Å². The van der Waals surface area contributed by atoms with Crippen molar-refractivity contribution in [2.75, 3.05) is 37.7 Å². The molecule has 0 aromatic heterocycles. The van der Waals surface area contributed by atoms with Crippen molar-refractivity contribution >= 4 is 25.7 Å². The smallest absolute Gasteiger partial charge is 0.246 e. The molecule has 1 fully saturated rings. The third kappa shape index (κ3) is 4.63. The maximum atomic E-state index is 13.0. The van der Waals surface area contributed by atoms with Crippen molar-refractivity contribution < 1.29 is 21.6 Å². The van der Waals surface area contributed by atoms with Crippen molar-refractivity contribution in [3.8, 4) is 5.75 Å². The molecule has 0 atom stereocenters. The minimum absolute atomic E-state index is 0.0236. The fourth-order valence-electron chi connectivity index (χ4n) is 2.72. The number of hydrogen-bond acceptors (Lipinski definition) is 6. The van der Waals surface area contributed by atoms with E-state index in [1.54, 1.807) is 7.05 Å². The van der Waals surface area contributed by atoms with Crippen LogP contribution in [0.25, 0.3) is 0 Å². The molecule has 0 radical (unpaired) electrons. The van der Waals surface area contributed by atoms with Gasteiger partial charge < -0.3 is 10.1 Å². The highest BCUT2D eigenvalue weighted by atomic mass is 32.2. The Balaban J connectivity index is 2.33. The van der Waals surface area contributed by atoms with Crippen LogP contribution in [-0.4, -0.2) is 60.2 Å². The summed E-state index contributed by atoms with van der Waals surface area (Å²) in [5.74, 6) is 0.0328. The lowest BCUT2D eigenvalue weighted by Gasteiger charge is -2.31. The van der Waals surface area contributed by atoms with Gasteiger partial charge in [0.05, 0.1) is 18.6 Å². The highest BCUT2D eigenvalue weighted by molar-refractivity contribution is 7.92. The van der Waals surface area contributed by atoms with E-state index in [0.29, 0.717) is 0 Å². The lowest BCUT2D eigenvalue weighted by atomic mass is 10.1. The first-order valence-corrected chi connectivity index (χ1v) is 11.2. The zero-order chi connectivity index (χ0) is 18.7. The van der Waals surface area contributed by atoms with Gasteiger partial charge in [0.15, 0.2) is 0 Å². The van der Waals surface area contributed by atoms with Gasteiger partial charge in [0, 0.05) is 19.2 Å². The number of piperidine rings is 1. The summed E-state index contributed by atoms with van der Waals surface area (Å²) < 4.78 is 58.2. The Morgan fingerprint density at radius 3 is 2.44 bits per heavy atom. The fourth-order valence-corrected chi connectivity index (χ4v) is 4.90. The second-order valence-electron chi connectivity index (χ2n) is 5.87. The lowest BCUT2D eigenvalue weighted by Crippen LogP contribution is -2.43. The fraction of sp³-hybridized carbons (Fsp3) is 0.600. The largest absolute Gasteiger partial charge is 0.495 e. The first kappa shape index (κ1) is 20.0. The molecule has 2 N–H and O–H groups in total. The highest BCUT2D eigenvalue weighted by Gasteiger charge is 2.31. The van der Waals surface area contributed by atoms with Gasteiger partial charge in [0.25, 0.3) is 0 Å². The molecule has 10 heteroatoms. The third-order valence-electron chi connectivity index (χ3n) is 4.30. The second-order valence-corrected chi connectivity index (χ2v) is 9.85. The van der Waals surface area contributed by atoms with Gasteiger partial charge in [-0.25, -0.2) is 16.8 Å².